The molecule has 2 amide bonds. The molecule has 0 aromatic carbocycles. The van der Waals surface area contributed by atoms with Crippen molar-refractivity contribution in [1.29, 1.82) is 0 Å². The monoisotopic (exact) mass is 223 g/mol. The zero-order valence-corrected chi connectivity index (χ0v) is 9.26. The number of ether oxygens (including phenoxy) is 1. The van der Waals surface area contributed by atoms with Crippen molar-refractivity contribution in [2.75, 3.05) is 13.2 Å². The number of nitrogens with two attached hydrogens (primary N) is 1. The van der Waals surface area contributed by atoms with Gasteiger partial charge in [0.15, 0.2) is 0 Å². The Morgan fingerprint density at radius 3 is 2.88 bits per heavy atom. The summed E-state index contributed by atoms with van der Waals surface area (Å²) in [6.45, 7) is 1.58. The number of amides is 2. The van der Waals surface area contributed by atoms with E-state index in [0.717, 1.165) is 26.0 Å². The van der Waals surface area contributed by atoms with E-state index in [1.54, 1.807) is 0 Å². The highest BCUT2D eigenvalue weighted by atomic mass is 16.5. The lowest BCUT2D eigenvalue weighted by Gasteiger charge is -2.28. The topological polar surface area (TPSA) is 67.9 Å². The molecular weight excluding hydrogens is 206 g/mol. The predicted octanol–water partition coefficient (Wildman–Crippen LogP) is 0.737. The van der Waals surface area contributed by atoms with E-state index >= 15 is 0 Å². The van der Waals surface area contributed by atoms with Gasteiger partial charge in [0.05, 0.1) is 6.10 Å². The van der Waals surface area contributed by atoms with E-state index in [9.17, 15) is 4.79 Å². The minimum atomic E-state index is -0.176. The van der Waals surface area contributed by atoms with Gasteiger partial charge in [-0.3, -0.25) is 0 Å². The van der Waals surface area contributed by atoms with Crippen LogP contribution in [-0.4, -0.2) is 42.1 Å². The molecule has 0 spiro atoms. The van der Waals surface area contributed by atoms with E-state index in [1.807, 2.05) is 4.90 Å². The molecule has 3 rings (SSSR count). The van der Waals surface area contributed by atoms with Gasteiger partial charge in [0.1, 0.15) is 11.9 Å². The Hall–Kier alpha value is -1.10. The van der Waals surface area contributed by atoms with E-state index < -0.39 is 0 Å². The Bertz CT molecular complexity index is 332. The van der Waals surface area contributed by atoms with Crippen LogP contribution in [0.3, 0.4) is 0 Å². The summed E-state index contributed by atoms with van der Waals surface area (Å²) >= 11 is 0. The summed E-state index contributed by atoms with van der Waals surface area (Å²) < 4.78 is 5.63. The van der Waals surface area contributed by atoms with Crippen LogP contribution in [0.1, 0.15) is 25.7 Å². The number of hydrogen-bond acceptors (Lipinski definition) is 3. The van der Waals surface area contributed by atoms with Crippen molar-refractivity contribution < 1.29 is 9.53 Å². The first-order valence-electron chi connectivity index (χ1n) is 6.02. The highest BCUT2D eigenvalue weighted by molar-refractivity contribution is 6.03. The van der Waals surface area contributed by atoms with Crippen LogP contribution in [-0.2, 0) is 4.74 Å². The van der Waals surface area contributed by atoms with Gasteiger partial charge in [-0.15, -0.1) is 0 Å². The van der Waals surface area contributed by atoms with E-state index in [0.29, 0.717) is 11.8 Å². The summed E-state index contributed by atoms with van der Waals surface area (Å²) in [5.41, 5.74) is 5.84. The molecule has 1 saturated heterocycles. The maximum atomic E-state index is 11.7. The second-order valence-electron chi connectivity index (χ2n) is 4.91. The Morgan fingerprint density at radius 2 is 2.25 bits per heavy atom. The molecule has 0 aromatic heterocycles. The van der Waals surface area contributed by atoms with Crippen LogP contribution in [0.5, 0.6) is 0 Å². The predicted molar refractivity (Wildman–Crippen MR) is 59.2 cm³/mol. The number of hydrogen-bond donors (Lipinski definition) is 1. The first-order valence-corrected chi connectivity index (χ1v) is 6.02. The zero-order valence-electron chi connectivity index (χ0n) is 9.26. The summed E-state index contributed by atoms with van der Waals surface area (Å²) in [6.07, 6.45) is 4.55. The maximum Gasteiger partial charge on any atom is 0.346 e. The number of aliphatic imine (C=N–C) groups is 1. The van der Waals surface area contributed by atoms with Gasteiger partial charge in [-0.05, 0) is 31.6 Å². The minimum Gasteiger partial charge on any atom is -0.385 e. The van der Waals surface area contributed by atoms with Gasteiger partial charge in [0.2, 0.25) is 0 Å². The van der Waals surface area contributed by atoms with E-state index in [-0.39, 0.29) is 18.2 Å². The molecule has 2 atom stereocenters. The van der Waals surface area contributed by atoms with Gasteiger partial charge in [0.25, 0.3) is 0 Å². The molecule has 2 aliphatic heterocycles. The Labute approximate surface area is 94.6 Å². The quantitative estimate of drug-likeness (QED) is 0.767. The second-order valence-corrected chi connectivity index (χ2v) is 4.91. The number of amidine groups is 1. The molecule has 5 nitrogen and oxygen atoms in total. The molecular formula is C11H17N3O2. The average Bonchev–Trinajstić information content (AvgIpc) is 2.81. The lowest BCUT2D eigenvalue weighted by molar-refractivity contribution is 0.0660. The van der Waals surface area contributed by atoms with Crippen LogP contribution in [0.25, 0.3) is 0 Å². The Balaban J connectivity index is 1.75. The fourth-order valence-electron chi connectivity index (χ4n) is 2.53. The molecule has 2 unspecified atom stereocenters. The van der Waals surface area contributed by atoms with Crippen molar-refractivity contribution in [1.82, 2.24) is 4.90 Å². The molecule has 5 heteroatoms. The summed E-state index contributed by atoms with van der Waals surface area (Å²) in [6, 6.07) is -0.277. The van der Waals surface area contributed by atoms with Crippen molar-refractivity contribution >= 4 is 11.9 Å². The molecule has 0 bridgehead atoms. The van der Waals surface area contributed by atoms with Crippen LogP contribution in [0, 0.1) is 5.92 Å². The lowest BCUT2D eigenvalue weighted by atomic mass is 10.1. The minimum absolute atomic E-state index is 0.0638. The van der Waals surface area contributed by atoms with Crippen LogP contribution >= 0.6 is 0 Å². The van der Waals surface area contributed by atoms with E-state index in [2.05, 4.69) is 4.99 Å². The lowest BCUT2D eigenvalue weighted by Crippen LogP contribution is -2.48. The van der Waals surface area contributed by atoms with Gasteiger partial charge >= 0.3 is 6.03 Å². The van der Waals surface area contributed by atoms with Crippen LogP contribution < -0.4 is 5.73 Å². The third kappa shape index (κ3) is 1.69. The standard InChI is InChI=1S/C11H17N3O2/c12-10-9(8-2-1-5-16-8)14(11(15)13-10)6-7-3-4-7/h7-9H,1-6H2,(H2,12,13,15). The molecule has 2 fully saturated rings. The van der Waals surface area contributed by atoms with Crippen LogP contribution in [0.15, 0.2) is 4.99 Å². The smallest absolute Gasteiger partial charge is 0.346 e. The van der Waals surface area contributed by atoms with Crippen molar-refractivity contribution in [3.63, 3.8) is 0 Å². The average molecular weight is 223 g/mol. The summed E-state index contributed by atoms with van der Waals surface area (Å²) in [5.74, 6) is 1.10. The molecule has 88 valence electrons. The molecule has 0 aromatic rings. The zero-order chi connectivity index (χ0) is 11.1. The summed E-state index contributed by atoms with van der Waals surface area (Å²) in [5, 5.41) is 0. The number of carbonyl (C=O) groups is 1. The normalized spacial score (nSPS) is 34.6. The summed E-state index contributed by atoms with van der Waals surface area (Å²) in [4.78, 5) is 17.4. The van der Waals surface area contributed by atoms with E-state index in [1.165, 1.54) is 12.8 Å². The Morgan fingerprint density at radius 1 is 1.44 bits per heavy atom. The third-order valence-corrected chi connectivity index (χ3v) is 3.58. The van der Waals surface area contributed by atoms with Gasteiger partial charge < -0.3 is 15.4 Å². The maximum absolute atomic E-state index is 11.7. The SMILES string of the molecule is NC1=NC(=O)N(CC2CC2)C1C1CCCO1. The molecule has 3 aliphatic rings. The molecule has 1 aliphatic carbocycles. The van der Waals surface area contributed by atoms with E-state index in [4.69, 9.17) is 10.5 Å². The number of urea groups is 1. The van der Waals surface area contributed by atoms with Crippen LogP contribution in [0.4, 0.5) is 4.79 Å². The fourth-order valence-corrected chi connectivity index (χ4v) is 2.53. The largest absolute Gasteiger partial charge is 0.385 e. The Kier molecular flexibility index (Phi) is 2.35. The number of carbonyl (C=O) groups excluding carboxylic acids is 1. The van der Waals surface area contributed by atoms with Crippen molar-refractivity contribution in [2.24, 2.45) is 16.6 Å². The molecule has 2 heterocycles. The van der Waals surface area contributed by atoms with Gasteiger partial charge in [-0.25, -0.2) is 4.79 Å². The highest BCUT2D eigenvalue weighted by Crippen LogP contribution is 2.33. The fraction of sp³-hybridized carbons (Fsp3) is 0.818. The second kappa shape index (κ2) is 3.73. The molecule has 0 radical (unpaired) electrons. The van der Waals surface area contributed by atoms with Gasteiger partial charge in [-0.2, -0.15) is 4.99 Å². The number of rotatable bonds is 3. The number of nitrogens with zero attached hydrogens (tertiary/aromatic N) is 2. The van der Waals surface area contributed by atoms with Crippen molar-refractivity contribution in [3.8, 4) is 0 Å². The highest BCUT2D eigenvalue weighted by Gasteiger charge is 2.42. The van der Waals surface area contributed by atoms with Crippen molar-refractivity contribution in [2.45, 2.75) is 37.8 Å². The van der Waals surface area contributed by atoms with Crippen molar-refractivity contribution in [3.05, 3.63) is 0 Å². The first-order chi connectivity index (χ1) is 7.75. The summed E-state index contributed by atoms with van der Waals surface area (Å²) in [7, 11) is 0. The molecule has 16 heavy (non-hydrogen) atoms. The third-order valence-electron chi connectivity index (χ3n) is 3.58. The first kappa shape index (κ1) is 10.1. The molecule has 2 N–H and O–H groups in total. The van der Waals surface area contributed by atoms with Crippen LogP contribution in [0.2, 0.25) is 0 Å². The van der Waals surface area contributed by atoms with Gasteiger partial charge in [0, 0.05) is 13.2 Å². The molecule has 1 saturated carbocycles. The van der Waals surface area contributed by atoms with Gasteiger partial charge in [-0.1, -0.05) is 0 Å².